The molecule has 0 unspecified atom stereocenters. The number of hydrogen-bond donors (Lipinski definition) is 1. The maximum atomic E-state index is 12.3. The summed E-state index contributed by atoms with van der Waals surface area (Å²) in [6.45, 7) is 8.47. The van der Waals surface area contributed by atoms with Crippen molar-refractivity contribution < 1.29 is 4.79 Å². The lowest BCUT2D eigenvalue weighted by Gasteiger charge is -2.37. The molecular formula is C18H30N6O. The minimum absolute atomic E-state index is 0.302. The van der Waals surface area contributed by atoms with Gasteiger partial charge in [-0.25, -0.2) is 0 Å². The molecule has 0 aliphatic carbocycles. The smallest absolute Gasteiger partial charge is 0.223 e. The van der Waals surface area contributed by atoms with Gasteiger partial charge in [-0.3, -0.25) is 4.79 Å². The van der Waals surface area contributed by atoms with E-state index >= 15 is 0 Å². The molecule has 1 N–H and O–H groups in total. The molecule has 2 fully saturated rings. The maximum absolute atomic E-state index is 12.3. The number of amides is 1. The van der Waals surface area contributed by atoms with E-state index in [-0.39, 0.29) is 0 Å². The number of hydrogen-bond acceptors (Lipinski definition) is 6. The van der Waals surface area contributed by atoms with Gasteiger partial charge in [0.15, 0.2) is 5.82 Å². The highest BCUT2D eigenvalue weighted by Gasteiger charge is 2.24. The Hall–Kier alpha value is -1.73. The van der Waals surface area contributed by atoms with E-state index in [0.29, 0.717) is 18.4 Å². The minimum atomic E-state index is 0.302. The first kappa shape index (κ1) is 18.1. The van der Waals surface area contributed by atoms with Crippen LogP contribution in [-0.4, -0.2) is 84.8 Å². The molecule has 3 heterocycles. The summed E-state index contributed by atoms with van der Waals surface area (Å²) < 4.78 is 0. The molecular weight excluding hydrogens is 316 g/mol. The van der Waals surface area contributed by atoms with Gasteiger partial charge in [0.05, 0.1) is 5.69 Å². The number of piperidine rings is 1. The van der Waals surface area contributed by atoms with Gasteiger partial charge in [0.2, 0.25) is 5.91 Å². The lowest BCUT2D eigenvalue weighted by Crippen LogP contribution is -2.48. The van der Waals surface area contributed by atoms with E-state index in [0.717, 1.165) is 70.2 Å². The highest BCUT2D eigenvalue weighted by molar-refractivity contribution is 5.76. The van der Waals surface area contributed by atoms with Crippen molar-refractivity contribution in [3.8, 4) is 0 Å². The number of aromatic nitrogens is 2. The summed E-state index contributed by atoms with van der Waals surface area (Å²) in [6.07, 6.45) is 2.85. The average molecular weight is 346 g/mol. The Morgan fingerprint density at radius 3 is 2.56 bits per heavy atom. The Morgan fingerprint density at radius 2 is 1.92 bits per heavy atom. The number of piperazine rings is 1. The molecule has 2 aliphatic heterocycles. The molecule has 3 rings (SSSR count). The first-order valence-corrected chi connectivity index (χ1v) is 9.37. The van der Waals surface area contributed by atoms with E-state index < -0.39 is 0 Å². The Bertz CT molecular complexity index is 549. The normalized spacial score (nSPS) is 19.8. The van der Waals surface area contributed by atoms with Crippen LogP contribution in [0.4, 0.5) is 5.82 Å². The molecule has 7 nitrogen and oxygen atoms in total. The number of rotatable bonds is 5. The van der Waals surface area contributed by atoms with Crippen LogP contribution in [0.25, 0.3) is 0 Å². The number of anilines is 1. The molecule has 2 saturated heterocycles. The summed E-state index contributed by atoms with van der Waals surface area (Å²) >= 11 is 0. The largest absolute Gasteiger partial charge is 0.355 e. The van der Waals surface area contributed by atoms with E-state index in [1.807, 2.05) is 24.0 Å². The molecule has 1 aromatic rings. The lowest BCUT2D eigenvalue weighted by atomic mass is 10.0. The third-order valence-corrected chi connectivity index (χ3v) is 5.36. The second kappa shape index (κ2) is 8.58. The first-order chi connectivity index (χ1) is 12.1. The molecule has 138 valence electrons. The molecule has 1 amide bonds. The summed E-state index contributed by atoms with van der Waals surface area (Å²) in [6, 6.07) is 4.55. The van der Waals surface area contributed by atoms with Gasteiger partial charge in [-0.2, -0.15) is 5.10 Å². The zero-order valence-corrected chi connectivity index (χ0v) is 15.4. The van der Waals surface area contributed by atoms with Gasteiger partial charge < -0.3 is 20.0 Å². The van der Waals surface area contributed by atoms with E-state index in [1.54, 1.807) is 0 Å². The molecule has 0 saturated carbocycles. The standard InChI is InChI=1S/C18H30N6O/c1-15-3-4-17(21-20-15)22(2)16-5-10-23(11-6-16)12-7-18(25)24-13-8-19-9-14-24/h3-4,16,19H,5-14H2,1-2H3. The fraction of sp³-hybridized carbons (Fsp3) is 0.722. The van der Waals surface area contributed by atoms with Crippen LogP contribution in [0.1, 0.15) is 25.0 Å². The van der Waals surface area contributed by atoms with Crippen molar-refractivity contribution in [2.24, 2.45) is 0 Å². The first-order valence-electron chi connectivity index (χ1n) is 9.37. The maximum Gasteiger partial charge on any atom is 0.223 e. The summed E-state index contributed by atoms with van der Waals surface area (Å²) in [5.74, 6) is 1.24. The number of nitrogens with zero attached hydrogens (tertiary/aromatic N) is 5. The van der Waals surface area contributed by atoms with Crippen molar-refractivity contribution in [1.29, 1.82) is 0 Å². The van der Waals surface area contributed by atoms with Crippen LogP contribution in [0, 0.1) is 6.92 Å². The molecule has 0 aromatic carbocycles. The van der Waals surface area contributed by atoms with E-state index in [2.05, 4.69) is 32.4 Å². The predicted octanol–water partition coefficient (Wildman–Crippen LogP) is 0.508. The summed E-state index contributed by atoms with van der Waals surface area (Å²) in [4.78, 5) is 18.9. The van der Waals surface area contributed by atoms with Crippen LogP contribution < -0.4 is 10.2 Å². The SMILES string of the molecule is Cc1ccc(N(C)C2CCN(CCC(=O)N3CCNCC3)CC2)nn1. The van der Waals surface area contributed by atoms with Crippen molar-refractivity contribution in [2.45, 2.75) is 32.2 Å². The summed E-state index contributed by atoms with van der Waals surface area (Å²) in [5.41, 5.74) is 0.945. The minimum Gasteiger partial charge on any atom is -0.355 e. The van der Waals surface area contributed by atoms with Gasteiger partial charge >= 0.3 is 0 Å². The molecule has 0 bridgehead atoms. The second-order valence-corrected chi connectivity index (χ2v) is 7.10. The summed E-state index contributed by atoms with van der Waals surface area (Å²) in [5, 5.41) is 11.7. The predicted molar refractivity (Wildman–Crippen MR) is 98.7 cm³/mol. The molecule has 0 radical (unpaired) electrons. The topological polar surface area (TPSA) is 64.6 Å². The van der Waals surface area contributed by atoms with E-state index in [1.165, 1.54) is 0 Å². The van der Waals surface area contributed by atoms with Gasteiger partial charge in [-0.05, 0) is 31.9 Å². The van der Waals surface area contributed by atoms with E-state index in [4.69, 9.17) is 0 Å². The average Bonchev–Trinajstić information content (AvgIpc) is 2.67. The quantitative estimate of drug-likeness (QED) is 0.838. The lowest BCUT2D eigenvalue weighted by molar-refractivity contribution is -0.132. The number of likely N-dealkylation sites (tertiary alicyclic amines) is 1. The molecule has 7 heteroatoms. The molecule has 0 spiro atoms. The van der Waals surface area contributed by atoms with Crippen molar-refractivity contribution in [3.63, 3.8) is 0 Å². The van der Waals surface area contributed by atoms with Crippen LogP contribution in [0.15, 0.2) is 12.1 Å². The number of carbonyl (C=O) groups excluding carboxylic acids is 1. The third-order valence-electron chi connectivity index (χ3n) is 5.36. The number of carbonyl (C=O) groups is 1. The number of aryl methyl sites for hydroxylation is 1. The fourth-order valence-electron chi connectivity index (χ4n) is 3.62. The molecule has 25 heavy (non-hydrogen) atoms. The van der Waals surface area contributed by atoms with Crippen molar-refractivity contribution in [3.05, 3.63) is 17.8 Å². The Kier molecular flexibility index (Phi) is 6.20. The van der Waals surface area contributed by atoms with E-state index in [9.17, 15) is 4.79 Å². The van der Waals surface area contributed by atoms with Crippen LogP contribution >= 0.6 is 0 Å². The zero-order chi connectivity index (χ0) is 17.6. The molecule has 1 aromatic heterocycles. The second-order valence-electron chi connectivity index (χ2n) is 7.10. The van der Waals surface area contributed by atoms with Crippen LogP contribution in [0.2, 0.25) is 0 Å². The van der Waals surface area contributed by atoms with Gasteiger partial charge in [-0.15, -0.1) is 5.10 Å². The van der Waals surface area contributed by atoms with Crippen molar-refractivity contribution in [1.82, 2.24) is 25.3 Å². The summed E-state index contributed by atoms with van der Waals surface area (Å²) in [7, 11) is 2.10. The Morgan fingerprint density at radius 1 is 1.20 bits per heavy atom. The van der Waals surface area contributed by atoms with Crippen molar-refractivity contribution in [2.75, 3.05) is 57.8 Å². The van der Waals surface area contributed by atoms with Crippen LogP contribution in [0.3, 0.4) is 0 Å². The fourth-order valence-corrected chi connectivity index (χ4v) is 3.62. The number of nitrogens with one attached hydrogen (secondary N) is 1. The van der Waals surface area contributed by atoms with Gasteiger partial charge in [0.25, 0.3) is 0 Å². The molecule has 0 atom stereocenters. The molecule has 2 aliphatic rings. The van der Waals surface area contributed by atoms with Gasteiger partial charge in [-0.1, -0.05) is 0 Å². The van der Waals surface area contributed by atoms with Gasteiger partial charge in [0.1, 0.15) is 0 Å². The third kappa shape index (κ3) is 4.89. The monoisotopic (exact) mass is 346 g/mol. The Labute approximate surface area is 150 Å². The van der Waals surface area contributed by atoms with Gasteiger partial charge in [0, 0.05) is 65.3 Å². The highest BCUT2D eigenvalue weighted by Crippen LogP contribution is 2.20. The van der Waals surface area contributed by atoms with Crippen LogP contribution in [-0.2, 0) is 4.79 Å². The van der Waals surface area contributed by atoms with Crippen molar-refractivity contribution >= 4 is 11.7 Å². The Balaban J connectivity index is 1.40. The van der Waals surface area contributed by atoms with Crippen LogP contribution in [0.5, 0.6) is 0 Å². The zero-order valence-electron chi connectivity index (χ0n) is 15.4. The highest BCUT2D eigenvalue weighted by atomic mass is 16.2.